The zero-order valence-electron chi connectivity index (χ0n) is 13.8. The van der Waals surface area contributed by atoms with E-state index in [1.807, 2.05) is 0 Å². The Balaban J connectivity index is 1.91. The van der Waals surface area contributed by atoms with Gasteiger partial charge in [-0.3, -0.25) is 4.79 Å². The van der Waals surface area contributed by atoms with Gasteiger partial charge in [-0.2, -0.15) is 0 Å². The van der Waals surface area contributed by atoms with Crippen LogP contribution in [0.3, 0.4) is 0 Å². The number of ether oxygens (including phenoxy) is 1. The van der Waals surface area contributed by atoms with Gasteiger partial charge in [-0.25, -0.2) is 4.79 Å². The fourth-order valence-corrected chi connectivity index (χ4v) is 3.87. The van der Waals surface area contributed by atoms with Gasteiger partial charge in [0.1, 0.15) is 0 Å². The van der Waals surface area contributed by atoms with Gasteiger partial charge >= 0.3 is 12.0 Å². The Labute approximate surface area is 132 Å². The summed E-state index contributed by atoms with van der Waals surface area (Å²) >= 11 is 0. The van der Waals surface area contributed by atoms with Crippen LogP contribution in [0.4, 0.5) is 4.79 Å². The van der Waals surface area contributed by atoms with Crippen molar-refractivity contribution in [3.05, 3.63) is 0 Å². The molecule has 0 bridgehead atoms. The maximum Gasteiger partial charge on any atom is 0.317 e. The first-order valence-electron chi connectivity index (χ1n) is 8.23. The minimum absolute atomic E-state index is 0.00973. The van der Waals surface area contributed by atoms with Crippen LogP contribution in [0.1, 0.15) is 39.5 Å². The third-order valence-electron chi connectivity index (χ3n) is 5.62. The van der Waals surface area contributed by atoms with Gasteiger partial charge in [0.05, 0.1) is 11.5 Å². The summed E-state index contributed by atoms with van der Waals surface area (Å²) < 4.78 is 5.42. The molecule has 126 valence electrons. The number of urea groups is 1. The number of methoxy groups -OCH3 is 1. The monoisotopic (exact) mass is 312 g/mol. The van der Waals surface area contributed by atoms with E-state index in [-0.39, 0.29) is 18.1 Å². The number of nitrogens with one attached hydrogen (secondary N) is 1. The van der Waals surface area contributed by atoms with Crippen molar-refractivity contribution in [3.63, 3.8) is 0 Å². The maximum atomic E-state index is 12.3. The number of carbonyl (C=O) groups is 2. The Morgan fingerprint density at radius 2 is 2.23 bits per heavy atom. The summed E-state index contributed by atoms with van der Waals surface area (Å²) in [6.07, 6.45) is 3.52. The van der Waals surface area contributed by atoms with Gasteiger partial charge in [0.2, 0.25) is 0 Å². The fourth-order valence-electron chi connectivity index (χ4n) is 3.87. The summed E-state index contributed by atoms with van der Waals surface area (Å²) in [6, 6.07) is -0.166. The van der Waals surface area contributed by atoms with E-state index in [2.05, 4.69) is 19.2 Å². The number of fused-ring (bicyclic) bond motifs is 1. The first-order valence-corrected chi connectivity index (χ1v) is 8.23. The third kappa shape index (κ3) is 3.07. The van der Waals surface area contributed by atoms with Crippen molar-refractivity contribution < 1.29 is 19.4 Å². The quantitative estimate of drug-likeness (QED) is 0.785. The SMILES string of the molecule is CCC(C)C(CNC(=O)N1C[C@@H]2CCC[C@@]2(C(=O)O)C1)OC. The molecule has 2 rings (SSSR count). The molecule has 2 fully saturated rings. The Morgan fingerprint density at radius 1 is 1.50 bits per heavy atom. The number of nitrogens with zero attached hydrogens (tertiary/aromatic N) is 1. The molecule has 2 aliphatic rings. The second-order valence-electron chi connectivity index (χ2n) is 6.78. The van der Waals surface area contributed by atoms with Gasteiger partial charge in [-0.15, -0.1) is 0 Å². The largest absolute Gasteiger partial charge is 0.481 e. The Kier molecular flexibility index (Phi) is 5.32. The molecule has 0 aromatic carbocycles. The average Bonchev–Trinajstić information content (AvgIpc) is 3.05. The van der Waals surface area contributed by atoms with Gasteiger partial charge in [0.25, 0.3) is 0 Å². The summed E-state index contributed by atoms with van der Waals surface area (Å²) in [5.41, 5.74) is -0.714. The third-order valence-corrected chi connectivity index (χ3v) is 5.62. The van der Waals surface area contributed by atoms with Crippen molar-refractivity contribution in [2.45, 2.75) is 45.6 Å². The molecule has 2 unspecified atom stereocenters. The molecule has 0 spiro atoms. The Bertz CT molecular complexity index is 428. The molecule has 0 aromatic rings. The molecule has 0 radical (unpaired) electrons. The van der Waals surface area contributed by atoms with E-state index < -0.39 is 11.4 Å². The average molecular weight is 312 g/mol. The lowest BCUT2D eigenvalue weighted by molar-refractivity contribution is -0.149. The van der Waals surface area contributed by atoms with Crippen molar-refractivity contribution in [1.29, 1.82) is 0 Å². The number of amides is 2. The van der Waals surface area contributed by atoms with Gasteiger partial charge in [-0.1, -0.05) is 26.7 Å². The predicted molar refractivity (Wildman–Crippen MR) is 82.6 cm³/mol. The Hall–Kier alpha value is -1.30. The molecule has 1 heterocycles. The lowest BCUT2D eigenvalue weighted by Crippen LogP contribution is -2.45. The molecular weight excluding hydrogens is 284 g/mol. The highest BCUT2D eigenvalue weighted by atomic mass is 16.5. The highest BCUT2D eigenvalue weighted by Gasteiger charge is 2.55. The lowest BCUT2D eigenvalue weighted by atomic mass is 9.81. The maximum absolute atomic E-state index is 12.3. The fraction of sp³-hybridized carbons (Fsp3) is 0.875. The minimum Gasteiger partial charge on any atom is -0.481 e. The molecule has 2 amide bonds. The van der Waals surface area contributed by atoms with Crippen molar-refractivity contribution >= 4 is 12.0 Å². The minimum atomic E-state index is -0.750. The zero-order chi connectivity index (χ0) is 16.3. The Morgan fingerprint density at radius 3 is 2.77 bits per heavy atom. The number of carbonyl (C=O) groups excluding carboxylic acids is 1. The van der Waals surface area contributed by atoms with Crippen LogP contribution in [0.15, 0.2) is 0 Å². The number of hydrogen-bond donors (Lipinski definition) is 2. The summed E-state index contributed by atoms with van der Waals surface area (Å²) in [6.45, 7) is 5.54. The smallest absolute Gasteiger partial charge is 0.317 e. The van der Waals surface area contributed by atoms with E-state index in [9.17, 15) is 14.7 Å². The molecule has 1 aliphatic carbocycles. The van der Waals surface area contributed by atoms with Crippen molar-refractivity contribution in [2.75, 3.05) is 26.7 Å². The molecule has 6 nitrogen and oxygen atoms in total. The standard InChI is InChI=1S/C16H28N2O4/c1-4-11(2)13(22-3)8-17-15(21)18-9-12-6-5-7-16(12,10-18)14(19)20/h11-13H,4-10H2,1-3H3,(H,17,21)(H,19,20)/t11?,12-,13?,16+/m0/s1. The van der Waals surface area contributed by atoms with Gasteiger partial charge in [0, 0.05) is 26.7 Å². The molecule has 0 aromatic heterocycles. The first kappa shape index (κ1) is 17.1. The van der Waals surface area contributed by atoms with Crippen LogP contribution in [0.2, 0.25) is 0 Å². The summed E-state index contributed by atoms with van der Waals surface area (Å²) in [7, 11) is 1.66. The van der Waals surface area contributed by atoms with Crippen LogP contribution >= 0.6 is 0 Å². The van der Waals surface area contributed by atoms with Gasteiger partial charge < -0.3 is 20.1 Å². The number of carboxylic acid groups (broad SMARTS) is 1. The van der Waals surface area contributed by atoms with Crippen molar-refractivity contribution in [1.82, 2.24) is 10.2 Å². The van der Waals surface area contributed by atoms with Crippen LogP contribution in [-0.4, -0.2) is 54.9 Å². The van der Waals surface area contributed by atoms with E-state index in [1.165, 1.54) is 0 Å². The van der Waals surface area contributed by atoms with Gasteiger partial charge in [-0.05, 0) is 24.7 Å². The van der Waals surface area contributed by atoms with Gasteiger partial charge in [0.15, 0.2) is 0 Å². The predicted octanol–water partition coefficient (Wildman–Crippen LogP) is 1.94. The zero-order valence-corrected chi connectivity index (χ0v) is 13.8. The molecule has 1 saturated heterocycles. The molecule has 22 heavy (non-hydrogen) atoms. The van der Waals surface area contributed by atoms with E-state index in [0.29, 0.717) is 32.0 Å². The highest BCUT2D eigenvalue weighted by molar-refractivity contribution is 5.80. The molecular formula is C16H28N2O4. The molecule has 4 atom stereocenters. The number of likely N-dealkylation sites (tertiary alicyclic amines) is 1. The van der Waals surface area contributed by atoms with Crippen LogP contribution in [0.5, 0.6) is 0 Å². The molecule has 1 saturated carbocycles. The van der Waals surface area contributed by atoms with Crippen LogP contribution in [-0.2, 0) is 9.53 Å². The summed E-state index contributed by atoms with van der Waals surface area (Å²) in [5, 5.41) is 12.5. The highest BCUT2D eigenvalue weighted by Crippen LogP contribution is 2.48. The number of rotatable bonds is 6. The summed E-state index contributed by atoms with van der Waals surface area (Å²) in [4.78, 5) is 25.6. The second-order valence-corrected chi connectivity index (χ2v) is 6.78. The lowest BCUT2D eigenvalue weighted by Gasteiger charge is -2.25. The van der Waals surface area contributed by atoms with E-state index in [1.54, 1.807) is 12.0 Å². The normalized spacial score (nSPS) is 30.0. The van der Waals surface area contributed by atoms with E-state index in [4.69, 9.17) is 4.74 Å². The molecule has 6 heteroatoms. The van der Waals surface area contributed by atoms with Crippen LogP contribution in [0, 0.1) is 17.3 Å². The first-order chi connectivity index (χ1) is 10.4. The topological polar surface area (TPSA) is 78.9 Å². The van der Waals surface area contributed by atoms with Crippen LogP contribution in [0.25, 0.3) is 0 Å². The van der Waals surface area contributed by atoms with E-state index in [0.717, 1.165) is 19.3 Å². The van der Waals surface area contributed by atoms with Crippen molar-refractivity contribution in [3.8, 4) is 0 Å². The number of carboxylic acids is 1. The summed E-state index contributed by atoms with van der Waals surface area (Å²) in [5.74, 6) is -0.281. The molecule has 1 aliphatic heterocycles. The number of hydrogen-bond acceptors (Lipinski definition) is 3. The molecule has 2 N–H and O–H groups in total. The second kappa shape index (κ2) is 6.86. The van der Waals surface area contributed by atoms with Crippen molar-refractivity contribution in [2.24, 2.45) is 17.3 Å². The van der Waals surface area contributed by atoms with Crippen LogP contribution < -0.4 is 5.32 Å². The number of aliphatic carboxylic acids is 1. The van der Waals surface area contributed by atoms with E-state index >= 15 is 0 Å².